The molecule has 0 aliphatic carbocycles. The highest BCUT2D eigenvalue weighted by molar-refractivity contribution is 5.82. The first-order valence-corrected chi connectivity index (χ1v) is 7.17. The van der Waals surface area contributed by atoms with Gasteiger partial charge in [0, 0.05) is 25.2 Å². The van der Waals surface area contributed by atoms with Gasteiger partial charge in [-0.05, 0) is 24.0 Å². The van der Waals surface area contributed by atoms with Crippen LogP contribution in [0.2, 0.25) is 0 Å². The van der Waals surface area contributed by atoms with Crippen molar-refractivity contribution in [3.8, 4) is 0 Å². The fourth-order valence-electron chi connectivity index (χ4n) is 3.20. The van der Waals surface area contributed by atoms with E-state index in [1.807, 2.05) is 0 Å². The minimum Gasteiger partial charge on any atom is -0.380 e. The van der Waals surface area contributed by atoms with Gasteiger partial charge in [0.25, 0.3) is 0 Å². The van der Waals surface area contributed by atoms with Crippen molar-refractivity contribution >= 4 is 11.5 Å². The Morgan fingerprint density at radius 3 is 3.05 bits per heavy atom. The van der Waals surface area contributed by atoms with E-state index in [9.17, 15) is 4.79 Å². The Morgan fingerprint density at radius 1 is 1.37 bits per heavy atom. The number of fused-ring (bicyclic) bond motifs is 1. The number of ketones is 1. The van der Waals surface area contributed by atoms with E-state index in [0.717, 1.165) is 19.5 Å². The van der Waals surface area contributed by atoms with Crippen LogP contribution in [0.25, 0.3) is 0 Å². The molecule has 1 aromatic rings. The molecule has 3 heteroatoms. The van der Waals surface area contributed by atoms with Crippen LogP contribution >= 0.6 is 0 Å². The summed E-state index contributed by atoms with van der Waals surface area (Å²) in [5, 5.41) is 0. The van der Waals surface area contributed by atoms with Crippen molar-refractivity contribution < 1.29 is 9.53 Å². The highest BCUT2D eigenvalue weighted by Crippen LogP contribution is 2.30. The Labute approximate surface area is 114 Å². The van der Waals surface area contributed by atoms with E-state index in [2.05, 4.69) is 36.1 Å². The Kier molecular flexibility index (Phi) is 3.56. The SMILES string of the molecule is CC1Cc2ccccc2N(CC2COCCC2=O)C1. The molecule has 3 nitrogen and oxygen atoms in total. The third-order valence-corrected chi connectivity index (χ3v) is 4.14. The Bertz CT molecular complexity index is 472. The summed E-state index contributed by atoms with van der Waals surface area (Å²) in [4.78, 5) is 14.3. The summed E-state index contributed by atoms with van der Waals surface area (Å²) in [6.07, 6.45) is 1.72. The van der Waals surface area contributed by atoms with Crippen LogP contribution in [-0.2, 0) is 16.0 Å². The van der Waals surface area contributed by atoms with E-state index >= 15 is 0 Å². The molecule has 0 saturated carbocycles. The molecule has 19 heavy (non-hydrogen) atoms. The molecule has 1 saturated heterocycles. The number of rotatable bonds is 2. The molecule has 0 bridgehead atoms. The maximum absolute atomic E-state index is 12.0. The zero-order valence-corrected chi connectivity index (χ0v) is 11.5. The molecule has 1 aromatic carbocycles. The van der Waals surface area contributed by atoms with Crippen molar-refractivity contribution in [2.24, 2.45) is 11.8 Å². The number of benzene rings is 1. The molecule has 0 N–H and O–H groups in total. The third-order valence-electron chi connectivity index (χ3n) is 4.14. The topological polar surface area (TPSA) is 29.5 Å². The van der Waals surface area contributed by atoms with Gasteiger partial charge in [-0.2, -0.15) is 0 Å². The van der Waals surface area contributed by atoms with Crippen LogP contribution in [0.3, 0.4) is 0 Å². The van der Waals surface area contributed by atoms with Gasteiger partial charge in [0.2, 0.25) is 0 Å². The number of anilines is 1. The van der Waals surface area contributed by atoms with Gasteiger partial charge >= 0.3 is 0 Å². The number of hydrogen-bond acceptors (Lipinski definition) is 3. The molecular weight excluding hydrogens is 238 g/mol. The van der Waals surface area contributed by atoms with Crippen molar-refractivity contribution in [1.29, 1.82) is 0 Å². The van der Waals surface area contributed by atoms with Crippen molar-refractivity contribution in [2.45, 2.75) is 19.8 Å². The average Bonchev–Trinajstić information content (AvgIpc) is 2.41. The van der Waals surface area contributed by atoms with Crippen LogP contribution in [0.5, 0.6) is 0 Å². The normalized spacial score (nSPS) is 27.2. The van der Waals surface area contributed by atoms with Gasteiger partial charge in [0.15, 0.2) is 0 Å². The third kappa shape index (κ3) is 2.66. The van der Waals surface area contributed by atoms with Crippen LogP contribution in [0, 0.1) is 11.8 Å². The van der Waals surface area contributed by atoms with E-state index in [4.69, 9.17) is 4.74 Å². The molecule has 0 amide bonds. The Morgan fingerprint density at radius 2 is 2.21 bits per heavy atom. The summed E-state index contributed by atoms with van der Waals surface area (Å²) >= 11 is 0. The number of carbonyl (C=O) groups is 1. The predicted molar refractivity (Wildman–Crippen MR) is 75.5 cm³/mol. The first-order valence-electron chi connectivity index (χ1n) is 7.17. The number of carbonyl (C=O) groups excluding carboxylic acids is 1. The average molecular weight is 259 g/mol. The monoisotopic (exact) mass is 259 g/mol. The fraction of sp³-hybridized carbons (Fsp3) is 0.562. The Balaban J connectivity index is 1.79. The van der Waals surface area contributed by atoms with Crippen molar-refractivity contribution in [3.05, 3.63) is 29.8 Å². The van der Waals surface area contributed by atoms with Gasteiger partial charge in [0.1, 0.15) is 5.78 Å². The van der Waals surface area contributed by atoms with Gasteiger partial charge < -0.3 is 9.64 Å². The van der Waals surface area contributed by atoms with Gasteiger partial charge in [-0.3, -0.25) is 4.79 Å². The Hall–Kier alpha value is -1.35. The number of hydrogen-bond donors (Lipinski definition) is 0. The van der Waals surface area contributed by atoms with E-state index in [0.29, 0.717) is 31.3 Å². The summed E-state index contributed by atoms with van der Waals surface area (Å²) in [5.74, 6) is 1.06. The van der Waals surface area contributed by atoms with Crippen LogP contribution in [0.15, 0.2) is 24.3 Å². The maximum Gasteiger partial charge on any atom is 0.142 e. The van der Waals surface area contributed by atoms with Gasteiger partial charge in [-0.1, -0.05) is 25.1 Å². The molecule has 2 heterocycles. The molecule has 2 aliphatic heterocycles. The van der Waals surface area contributed by atoms with Crippen LogP contribution in [0.4, 0.5) is 5.69 Å². The van der Waals surface area contributed by atoms with Gasteiger partial charge in [0.05, 0.1) is 19.1 Å². The standard InChI is InChI=1S/C16H21NO2/c1-12-8-13-4-2-3-5-15(13)17(9-12)10-14-11-19-7-6-16(14)18/h2-5,12,14H,6-11H2,1H3. The maximum atomic E-state index is 12.0. The number of nitrogens with zero attached hydrogens (tertiary/aromatic N) is 1. The lowest BCUT2D eigenvalue weighted by molar-refractivity contribution is -0.129. The van der Waals surface area contributed by atoms with Crippen molar-refractivity contribution in [3.63, 3.8) is 0 Å². The summed E-state index contributed by atoms with van der Waals surface area (Å²) in [6.45, 7) is 5.32. The zero-order chi connectivity index (χ0) is 13.2. The molecule has 3 rings (SSSR count). The summed E-state index contributed by atoms with van der Waals surface area (Å²) in [7, 11) is 0. The molecule has 2 aliphatic rings. The number of para-hydroxylation sites is 1. The molecular formula is C16H21NO2. The van der Waals surface area contributed by atoms with Crippen molar-refractivity contribution in [2.75, 3.05) is 31.2 Å². The molecule has 102 valence electrons. The van der Waals surface area contributed by atoms with Crippen LogP contribution in [-0.4, -0.2) is 32.1 Å². The molecule has 0 radical (unpaired) electrons. The van der Waals surface area contributed by atoms with E-state index in [-0.39, 0.29) is 5.92 Å². The number of Topliss-reactive ketones (excluding diaryl/α,β-unsaturated/α-hetero) is 1. The molecule has 1 fully saturated rings. The molecule has 0 spiro atoms. The van der Waals surface area contributed by atoms with E-state index in [1.165, 1.54) is 11.3 Å². The van der Waals surface area contributed by atoms with Crippen molar-refractivity contribution in [1.82, 2.24) is 0 Å². The smallest absolute Gasteiger partial charge is 0.142 e. The van der Waals surface area contributed by atoms with E-state index in [1.54, 1.807) is 0 Å². The summed E-state index contributed by atoms with van der Waals surface area (Å²) in [6, 6.07) is 8.57. The lowest BCUT2D eigenvalue weighted by Crippen LogP contribution is -2.42. The summed E-state index contributed by atoms with van der Waals surface area (Å²) in [5.41, 5.74) is 2.71. The second-order valence-corrected chi connectivity index (χ2v) is 5.83. The minimum absolute atomic E-state index is 0.0482. The second kappa shape index (κ2) is 5.33. The van der Waals surface area contributed by atoms with Crippen LogP contribution in [0.1, 0.15) is 18.9 Å². The highest BCUT2D eigenvalue weighted by Gasteiger charge is 2.28. The molecule has 0 aromatic heterocycles. The molecule has 2 atom stereocenters. The first-order chi connectivity index (χ1) is 9.24. The van der Waals surface area contributed by atoms with Crippen LogP contribution < -0.4 is 4.90 Å². The number of ether oxygens (including phenoxy) is 1. The fourth-order valence-corrected chi connectivity index (χ4v) is 3.20. The lowest BCUT2D eigenvalue weighted by atomic mass is 9.92. The second-order valence-electron chi connectivity index (χ2n) is 5.83. The quantitative estimate of drug-likeness (QED) is 0.816. The van der Waals surface area contributed by atoms with Gasteiger partial charge in [-0.25, -0.2) is 0 Å². The lowest BCUT2D eigenvalue weighted by Gasteiger charge is -2.37. The van der Waals surface area contributed by atoms with E-state index < -0.39 is 0 Å². The first kappa shape index (κ1) is 12.7. The largest absolute Gasteiger partial charge is 0.380 e. The molecule has 2 unspecified atom stereocenters. The zero-order valence-electron chi connectivity index (χ0n) is 11.5. The summed E-state index contributed by atoms with van der Waals surface area (Å²) < 4.78 is 5.46. The van der Waals surface area contributed by atoms with Gasteiger partial charge in [-0.15, -0.1) is 0 Å². The highest BCUT2D eigenvalue weighted by atomic mass is 16.5. The predicted octanol–water partition coefficient (Wildman–Crippen LogP) is 2.29. The minimum atomic E-state index is 0.0482.